The summed E-state index contributed by atoms with van der Waals surface area (Å²) >= 11 is 0. The van der Waals surface area contributed by atoms with Crippen LogP contribution in [-0.4, -0.2) is 48.8 Å². The number of carboxylic acid groups (broad SMARTS) is 1. The summed E-state index contributed by atoms with van der Waals surface area (Å²) in [6.07, 6.45) is 3.83. The van der Waals surface area contributed by atoms with Gasteiger partial charge in [-0.3, -0.25) is 9.59 Å². The number of aliphatic hydroxyl groups excluding tert-OH is 1. The molecule has 176 valence electrons. The van der Waals surface area contributed by atoms with Crippen LogP contribution in [0.5, 0.6) is 5.75 Å². The number of carboxylic acids is 1. The molecule has 3 unspecified atom stereocenters. The van der Waals surface area contributed by atoms with Gasteiger partial charge in [0.25, 0.3) is 0 Å². The number of fused-ring (bicyclic) bond motifs is 2. The Labute approximate surface area is 247 Å². The summed E-state index contributed by atoms with van der Waals surface area (Å²) in [5, 5.41) is 21.3. The van der Waals surface area contributed by atoms with E-state index in [-0.39, 0.29) is 101 Å². The largest absolute Gasteiger partial charge is 1.00 e. The Bertz CT molecular complexity index is 1290. The maximum atomic E-state index is 12.4. The molecule has 0 bridgehead atoms. The van der Waals surface area contributed by atoms with E-state index in [0.29, 0.717) is 0 Å². The third-order valence-corrected chi connectivity index (χ3v) is 4.95. The van der Waals surface area contributed by atoms with Crippen molar-refractivity contribution >= 4 is 29.2 Å². The average Bonchev–Trinajstić information content (AvgIpc) is 2.81. The number of aliphatic hydroxyl groups is 1. The summed E-state index contributed by atoms with van der Waals surface area (Å²) in [6, 6.07) is 5.14. The summed E-state index contributed by atoms with van der Waals surface area (Å²) in [4.78, 5) is 46.1. The first kappa shape index (κ1) is 29.8. The van der Waals surface area contributed by atoms with Gasteiger partial charge < -0.3 is 43.2 Å². The van der Waals surface area contributed by atoms with Crippen molar-refractivity contribution in [2.45, 2.75) is 12.2 Å². The molecule has 0 amide bonds. The number of hydrogen-bond acceptors (Lipinski definition) is 11. The molecular weight excluding hydrogens is 498 g/mol. The molecule has 3 atom stereocenters. The molecule has 0 radical (unpaired) electrons. The molecule has 1 N–H and O–H groups in total. The predicted octanol–water partition coefficient (Wildman–Crippen LogP) is -6.12. The Morgan fingerprint density at radius 1 is 1.19 bits per heavy atom. The minimum Gasteiger partial charge on any atom is -0.584 e. The number of carbonyl (C=O) groups is 2. The molecule has 0 fully saturated rings. The topological polar surface area (TPSA) is 162 Å². The van der Waals surface area contributed by atoms with Gasteiger partial charge in [-0.25, -0.2) is 0 Å². The van der Waals surface area contributed by atoms with E-state index in [9.17, 15) is 29.4 Å². The Morgan fingerprint density at radius 3 is 2.67 bits per heavy atom. The second-order valence-corrected chi connectivity index (χ2v) is 7.23. The van der Waals surface area contributed by atoms with Gasteiger partial charge in [0, 0.05) is 6.07 Å². The molecule has 1 aliphatic heterocycles. The smallest absolute Gasteiger partial charge is 0.584 e. The Kier molecular flexibility index (Phi) is 11.0. The van der Waals surface area contributed by atoms with Crippen molar-refractivity contribution in [1.29, 1.82) is 0 Å². The standard InChI is InChI=1S/C23H17O11.2Na/c24-11-32-20-8-14(27)22-16(4-2-6-18(22)34-20)31-10-12(25)9-30-15-3-1-5-17-21(15)13(26)7-19(33-17)23(28)29;;/h1-8,12,18,22,25H,9-10H2,(H,28,29);;/q-1;2*+1/p-1. The number of carbonyl (C=O) groups excluding carboxylic acids is 3. The molecule has 0 saturated carbocycles. The summed E-state index contributed by atoms with van der Waals surface area (Å²) in [6.45, 7) is 0.655. The van der Waals surface area contributed by atoms with E-state index >= 15 is 0 Å². The fourth-order valence-corrected chi connectivity index (χ4v) is 3.48. The monoisotopic (exact) mass is 514 g/mol. The first-order chi connectivity index (χ1) is 16.4. The van der Waals surface area contributed by atoms with Gasteiger partial charge in [-0.15, -0.1) is 0 Å². The Morgan fingerprint density at radius 2 is 1.94 bits per heavy atom. The second-order valence-electron chi connectivity index (χ2n) is 7.23. The zero-order chi connectivity index (χ0) is 24.2. The first-order valence-corrected chi connectivity index (χ1v) is 9.94. The number of rotatable bonds is 9. The third-order valence-electron chi connectivity index (χ3n) is 4.95. The molecule has 4 rings (SSSR count). The van der Waals surface area contributed by atoms with Crippen LogP contribution in [0.25, 0.3) is 11.0 Å². The van der Waals surface area contributed by atoms with E-state index < -0.39 is 41.1 Å². The Balaban J connectivity index is 0.00000228. The number of aromatic carboxylic acids is 1. The maximum absolute atomic E-state index is 12.4. The minimum absolute atomic E-state index is 0. The Hall–Kier alpha value is -2.38. The molecular formula is C23H16Na2O11. The molecule has 36 heavy (non-hydrogen) atoms. The number of hydrogen-bond donors (Lipinski definition) is 1. The van der Waals surface area contributed by atoms with Crippen LogP contribution in [0.15, 0.2) is 69.5 Å². The van der Waals surface area contributed by atoms with Crippen molar-refractivity contribution in [3.05, 3.63) is 76.3 Å². The molecule has 1 aromatic carbocycles. The van der Waals surface area contributed by atoms with E-state index in [1.54, 1.807) is 18.2 Å². The normalized spacial score (nSPS) is 18.8. The van der Waals surface area contributed by atoms with Gasteiger partial charge in [0.1, 0.15) is 65.7 Å². The minimum atomic E-state index is -1.63. The number of allylic oxidation sites excluding steroid dienone is 3. The number of ether oxygens (including phenoxy) is 4. The molecule has 13 heteroatoms. The fourth-order valence-electron chi connectivity index (χ4n) is 3.48. The van der Waals surface area contributed by atoms with Crippen molar-refractivity contribution in [3.63, 3.8) is 0 Å². The number of benzene rings is 1. The zero-order valence-electron chi connectivity index (χ0n) is 19.3. The van der Waals surface area contributed by atoms with Crippen LogP contribution in [0, 0.1) is 5.92 Å². The van der Waals surface area contributed by atoms with Crippen LogP contribution in [0.3, 0.4) is 0 Å². The quantitative estimate of drug-likeness (QED) is 0.250. The maximum Gasteiger partial charge on any atom is 1.00 e. The summed E-state index contributed by atoms with van der Waals surface area (Å²) in [5.74, 6) is -3.44. The van der Waals surface area contributed by atoms with Gasteiger partial charge in [-0.2, -0.15) is 0 Å². The van der Waals surface area contributed by atoms with Gasteiger partial charge in [-0.1, -0.05) is 12.1 Å². The van der Waals surface area contributed by atoms with Crippen molar-refractivity contribution in [2.24, 2.45) is 5.92 Å². The van der Waals surface area contributed by atoms with Crippen LogP contribution in [0.4, 0.5) is 0 Å². The van der Waals surface area contributed by atoms with Crippen LogP contribution in [0.2, 0.25) is 0 Å². The summed E-state index contributed by atoms with van der Waals surface area (Å²) in [7, 11) is 0. The third kappa shape index (κ3) is 6.68. The summed E-state index contributed by atoms with van der Waals surface area (Å²) < 4.78 is 26.1. The molecule has 2 aromatic rings. The van der Waals surface area contributed by atoms with E-state index in [0.717, 1.165) is 12.1 Å². The molecule has 0 spiro atoms. The van der Waals surface area contributed by atoms with Crippen LogP contribution in [0.1, 0.15) is 10.6 Å². The molecule has 1 aliphatic carbocycles. The van der Waals surface area contributed by atoms with Crippen molar-refractivity contribution in [1.82, 2.24) is 0 Å². The second kappa shape index (κ2) is 13.2. The SMILES string of the molecule is O=[C-]OC1=CC(=O)C2C(OCC(O)COc3cccc4oc(C(=O)[O-])cc(=O)c34)=CC=CC2O1.[Na+].[Na+]. The van der Waals surface area contributed by atoms with Crippen molar-refractivity contribution in [2.75, 3.05) is 13.2 Å². The van der Waals surface area contributed by atoms with Crippen LogP contribution < -0.4 is 74.4 Å². The van der Waals surface area contributed by atoms with Gasteiger partial charge in [0.15, 0.2) is 23.4 Å². The van der Waals surface area contributed by atoms with Crippen molar-refractivity contribution < 1.29 is 107 Å². The van der Waals surface area contributed by atoms with Gasteiger partial charge in [0.2, 0.25) is 0 Å². The number of ketones is 1. The van der Waals surface area contributed by atoms with Crippen molar-refractivity contribution in [3.8, 4) is 5.75 Å². The van der Waals surface area contributed by atoms with E-state index in [2.05, 4.69) is 4.74 Å². The zero-order valence-corrected chi connectivity index (χ0v) is 23.3. The summed E-state index contributed by atoms with van der Waals surface area (Å²) in [5.41, 5.74) is -0.661. The molecule has 2 heterocycles. The van der Waals surface area contributed by atoms with E-state index in [4.69, 9.17) is 18.6 Å². The fraction of sp³-hybridized carbons (Fsp3) is 0.217. The van der Waals surface area contributed by atoms with Gasteiger partial charge in [-0.05, 0) is 30.4 Å². The average molecular weight is 514 g/mol. The van der Waals surface area contributed by atoms with Crippen LogP contribution in [-0.2, 0) is 23.8 Å². The van der Waals surface area contributed by atoms with Gasteiger partial charge >= 0.3 is 59.1 Å². The van der Waals surface area contributed by atoms with E-state index in [1.165, 1.54) is 24.7 Å². The predicted molar refractivity (Wildman–Crippen MR) is 110 cm³/mol. The van der Waals surface area contributed by atoms with E-state index in [1.807, 2.05) is 0 Å². The van der Waals surface area contributed by atoms with Gasteiger partial charge in [0.05, 0.1) is 0 Å². The first-order valence-electron chi connectivity index (χ1n) is 9.94. The molecule has 2 aliphatic rings. The molecule has 0 saturated heterocycles. The molecule has 11 nitrogen and oxygen atoms in total. The van der Waals surface area contributed by atoms with Crippen LogP contribution >= 0.6 is 0 Å². The molecule has 1 aromatic heterocycles.